The predicted molar refractivity (Wildman–Crippen MR) is 91.5 cm³/mol. The fraction of sp³-hybridized carbons (Fsp3) is 0.0500. The van der Waals surface area contributed by atoms with Crippen LogP contribution in [0, 0.1) is 0 Å². The average molecular weight is 338 g/mol. The van der Waals surface area contributed by atoms with E-state index in [0.717, 1.165) is 39.8 Å². The number of benzene rings is 2. The van der Waals surface area contributed by atoms with Crippen LogP contribution in [0.3, 0.4) is 0 Å². The van der Waals surface area contributed by atoms with E-state index in [1.54, 1.807) is 12.4 Å². The van der Waals surface area contributed by atoms with Crippen LogP contribution in [0.15, 0.2) is 79.3 Å². The molecule has 0 radical (unpaired) electrons. The summed E-state index contributed by atoms with van der Waals surface area (Å²) in [7, 11) is 0. The fourth-order valence-electron chi connectivity index (χ4n) is 2.88. The molecule has 0 atom stereocenters. The molecule has 0 bridgehead atoms. The van der Waals surface area contributed by atoms with Crippen molar-refractivity contribution in [2.24, 2.45) is 0 Å². The summed E-state index contributed by atoms with van der Waals surface area (Å²) in [5, 5.41) is 1.06. The summed E-state index contributed by atoms with van der Waals surface area (Å²) in [6, 6.07) is 16.9. The van der Waals surface area contributed by atoms with E-state index in [1.165, 1.54) is 12.1 Å². The number of hydrogen-bond acceptors (Lipinski definition) is 1. The van der Waals surface area contributed by atoms with E-state index in [4.69, 9.17) is 0 Å². The Kier molecular flexibility index (Phi) is 3.57. The van der Waals surface area contributed by atoms with Crippen molar-refractivity contribution in [1.82, 2.24) is 9.55 Å². The number of pyridine rings is 1. The molecule has 0 unspecified atom stereocenters. The summed E-state index contributed by atoms with van der Waals surface area (Å²) >= 11 is 0. The largest absolute Gasteiger partial charge is 0.416 e. The monoisotopic (exact) mass is 338 g/mol. The highest BCUT2D eigenvalue weighted by Gasteiger charge is 2.29. The van der Waals surface area contributed by atoms with Crippen LogP contribution in [0.25, 0.3) is 27.7 Å². The fourth-order valence-corrected chi connectivity index (χ4v) is 2.88. The third-order valence-corrected chi connectivity index (χ3v) is 4.16. The number of fused-ring (bicyclic) bond motifs is 1. The Morgan fingerprint density at radius 1 is 0.840 bits per heavy atom. The average Bonchev–Trinajstić information content (AvgIpc) is 3.05. The quantitative estimate of drug-likeness (QED) is 0.458. The van der Waals surface area contributed by atoms with Crippen LogP contribution in [-0.4, -0.2) is 9.55 Å². The van der Waals surface area contributed by atoms with E-state index in [-0.39, 0.29) is 0 Å². The molecule has 2 heterocycles. The molecule has 0 aliphatic carbocycles. The first-order valence-corrected chi connectivity index (χ1v) is 7.71. The Hall–Kier alpha value is -3.08. The molecule has 5 heteroatoms. The molecule has 25 heavy (non-hydrogen) atoms. The van der Waals surface area contributed by atoms with Crippen LogP contribution >= 0.6 is 0 Å². The standard InChI is InChI=1S/C20H13F3N2/c21-20(22,23)17-7-5-14(6-8-17)16-4-3-15-9-11-25(19(15)12-16)18-2-1-10-24-13-18/h1-13H. The van der Waals surface area contributed by atoms with Crippen LogP contribution in [0.1, 0.15) is 5.56 Å². The van der Waals surface area contributed by atoms with Gasteiger partial charge < -0.3 is 4.57 Å². The maximum absolute atomic E-state index is 12.7. The highest BCUT2D eigenvalue weighted by molar-refractivity contribution is 5.86. The number of rotatable bonds is 2. The van der Waals surface area contributed by atoms with Crippen molar-refractivity contribution in [3.63, 3.8) is 0 Å². The lowest BCUT2D eigenvalue weighted by atomic mass is 10.0. The second-order valence-corrected chi connectivity index (χ2v) is 5.75. The van der Waals surface area contributed by atoms with Gasteiger partial charge in [0.05, 0.1) is 23.0 Å². The molecule has 0 saturated heterocycles. The van der Waals surface area contributed by atoms with Crippen LogP contribution < -0.4 is 0 Å². The Morgan fingerprint density at radius 2 is 1.60 bits per heavy atom. The van der Waals surface area contributed by atoms with Gasteiger partial charge in [0.2, 0.25) is 0 Å². The Morgan fingerprint density at radius 3 is 2.28 bits per heavy atom. The molecule has 0 fully saturated rings. The normalized spacial score (nSPS) is 11.8. The smallest absolute Gasteiger partial charge is 0.315 e. The van der Waals surface area contributed by atoms with Crippen molar-refractivity contribution in [1.29, 1.82) is 0 Å². The van der Waals surface area contributed by atoms with Gasteiger partial charge in [0.1, 0.15) is 0 Å². The van der Waals surface area contributed by atoms with Crippen molar-refractivity contribution >= 4 is 10.9 Å². The van der Waals surface area contributed by atoms with Gasteiger partial charge in [-0.05, 0) is 52.9 Å². The molecule has 0 aliphatic rings. The van der Waals surface area contributed by atoms with Crippen LogP contribution in [0.5, 0.6) is 0 Å². The zero-order valence-corrected chi connectivity index (χ0v) is 13.0. The van der Waals surface area contributed by atoms with Gasteiger partial charge in [0.15, 0.2) is 0 Å². The van der Waals surface area contributed by atoms with E-state index in [1.807, 2.05) is 47.2 Å². The number of alkyl halides is 3. The minimum atomic E-state index is -4.32. The van der Waals surface area contributed by atoms with E-state index >= 15 is 0 Å². The first-order chi connectivity index (χ1) is 12.0. The first-order valence-electron chi connectivity index (χ1n) is 7.71. The number of aromatic nitrogens is 2. The van der Waals surface area contributed by atoms with Gasteiger partial charge in [-0.15, -0.1) is 0 Å². The van der Waals surface area contributed by atoms with Crippen LogP contribution in [0.2, 0.25) is 0 Å². The van der Waals surface area contributed by atoms with Crippen molar-refractivity contribution in [2.75, 3.05) is 0 Å². The zero-order chi connectivity index (χ0) is 17.4. The highest BCUT2D eigenvalue weighted by Crippen LogP contribution is 2.32. The molecule has 124 valence electrons. The molecule has 0 aliphatic heterocycles. The number of hydrogen-bond donors (Lipinski definition) is 0. The molecule has 2 nitrogen and oxygen atoms in total. The second-order valence-electron chi connectivity index (χ2n) is 5.75. The molecule has 0 spiro atoms. The molecule has 4 aromatic rings. The third-order valence-electron chi connectivity index (χ3n) is 4.16. The van der Waals surface area contributed by atoms with Gasteiger partial charge in [-0.25, -0.2) is 0 Å². The lowest BCUT2D eigenvalue weighted by Crippen LogP contribution is -2.03. The van der Waals surface area contributed by atoms with Gasteiger partial charge in [0.25, 0.3) is 0 Å². The summed E-state index contributed by atoms with van der Waals surface area (Å²) in [5.74, 6) is 0. The molecule has 2 aromatic carbocycles. The number of nitrogens with zero attached hydrogens (tertiary/aromatic N) is 2. The highest BCUT2D eigenvalue weighted by atomic mass is 19.4. The summed E-state index contributed by atoms with van der Waals surface area (Å²) in [4.78, 5) is 4.13. The van der Waals surface area contributed by atoms with E-state index in [0.29, 0.717) is 0 Å². The molecular weight excluding hydrogens is 325 g/mol. The number of halogens is 3. The SMILES string of the molecule is FC(F)(F)c1ccc(-c2ccc3ccn(-c4cccnc4)c3c2)cc1. The molecule has 2 aromatic heterocycles. The van der Waals surface area contributed by atoms with Gasteiger partial charge in [-0.3, -0.25) is 4.98 Å². The predicted octanol–water partition coefficient (Wildman–Crippen LogP) is 5.71. The summed E-state index contributed by atoms with van der Waals surface area (Å²) in [6.07, 6.45) is 1.11. The Balaban J connectivity index is 1.79. The van der Waals surface area contributed by atoms with Crippen molar-refractivity contribution in [3.05, 3.63) is 84.8 Å². The van der Waals surface area contributed by atoms with E-state index in [2.05, 4.69) is 4.98 Å². The Labute approximate surface area is 142 Å². The maximum Gasteiger partial charge on any atom is 0.416 e. The summed E-state index contributed by atoms with van der Waals surface area (Å²) in [6.45, 7) is 0. The maximum atomic E-state index is 12.7. The lowest BCUT2D eigenvalue weighted by molar-refractivity contribution is -0.137. The third kappa shape index (κ3) is 2.89. The van der Waals surface area contributed by atoms with Gasteiger partial charge in [-0.1, -0.05) is 24.3 Å². The molecule has 4 rings (SSSR count). The van der Waals surface area contributed by atoms with Gasteiger partial charge in [0, 0.05) is 12.4 Å². The van der Waals surface area contributed by atoms with Crippen LogP contribution in [-0.2, 0) is 6.18 Å². The molecule has 0 amide bonds. The van der Waals surface area contributed by atoms with Gasteiger partial charge >= 0.3 is 6.18 Å². The lowest BCUT2D eigenvalue weighted by Gasteiger charge is -2.09. The van der Waals surface area contributed by atoms with Crippen molar-refractivity contribution < 1.29 is 13.2 Å². The van der Waals surface area contributed by atoms with Crippen LogP contribution in [0.4, 0.5) is 13.2 Å². The Bertz CT molecular complexity index is 1020. The second kappa shape index (κ2) is 5.77. The first kappa shape index (κ1) is 15.4. The topological polar surface area (TPSA) is 17.8 Å². The summed E-state index contributed by atoms with van der Waals surface area (Å²) < 4.78 is 40.2. The summed E-state index contributed by atoms with van der Waals surface area (Å²) in [5.41, 5.74) is 2.88. The zero-order valence-electron chi connectivity index (χ0n) is 13.0. The van der Waals surface area contributed by atoms with E-state index < -0.39 is 11.7 Å². The van der Waals surface area contributed by atoms with Crippen molar-refractivity contribution in [2.45, 2.75) is 6.18 Å². The minimum Gasteiger partial charge on any atom is -0.315 e. The minimum absolute atomic E-state index is 0.643. The molecule has 0 N–H and O–H groups in total. The van der Waals surface area contributed by atoms with E-state index in [9.17, 15) is 13.2 Å². The van der Waals surface area contributed by atoms with Crippen molar-refractivity contribution in [3.8, 4) is 16.8 Å². The van der Waals surface area contributed by atoms with Gasteiger partial charge in [-0.2, -0.15) is 13.2 Å². The molecular formula is C20H13F3N2. The molecule has 0 saturated carbocycles.